The third-order valence-corrected chi connectivity index (χ3v) is 5.80. The predicted octanol–water partition coefficient (Wildman–Crippen LogP) is 3.97. The number of fused-ring (bicyclic) bond motifs is 1. The number of aliphatic carboxylic acids is 1. The van der Waals surface area contributed by atoms with E-state index in [9.17, 15) is 9.59 Å². The maximum Gasteiger partial charge on any atom is 0.303 e. The first-order valence-electron chi connectivity index (χ1n) is 7.00. The van der Waals surface area contributed by atoms with Gasteiger partial charge in [-0.05, 0) is 30.0 Å². The van der Waals surface area contributed by atoms with Gasteiger partial charge < -0.3 is 5.11 Å². The molecule has 1 N–H and O–H groups in total. The molecule has 1 aliphatic rings. The van der Waals surface area contributed by atoms with E-state index in [-0.39, 0.29) is 12.3 Å². The van der Waals surface area contributed by atoms with Crippen LogP contribution >= 0.6 is 35.3 Å². The van der Waals surface area contributed by atoms with Gasteiger partial charge in [-0.2, -0.15) is 0 Å². The monoisotopic (exact) mass is 363 g/mol. The molecule has 1 aromatic carbocycles. The molecule has 23 heavy (non-hydrogen) atoms. The van der Waals surface area contributed by atoms with Crippen LogP contribution in [-0.2, 0) is 9.59 Å². The van der Waals surface area contributed by atoms with E-state index in [0.717, 1.165) is 10.3 Å². The Kier molecular flexibility index (Phi) is 4.79. The first-order valence-corrected chi connectivity index (χ1v) is 9.04. The van der Waals surface area contributed by atoms with Gasteiger partial charge in [-0.25, -0.2) is 0 Å². The summed E-state index contributed by atoms with van der Waals surface area (Å²) < 4.78 is 1.67. The van der Waals surface area contributed by atoms with Crippen molar-refractivity contribution in [1.82, 2.24) is 4.90 Å². The molecule has 0 radical (unpaired) electrons. The largest absolute Gasteiger partial charge is 0.481 e. The molecular weight excluding hydrogens is 350 g/mol. The molecule has 7 heteroatoms. The highest BCUT2D eigenvalue weighted by Crippen LogP contribution is 2.35. The zero-order chi connectivity index (χ0) is 16.4. The van der Waals surface area contributed by atoms with E-state index >= 15 is 0 Å². The molecular formula is C16H13NO3S3. The first kappa shape index (κ1) is 16.2. The highest BCUT2D eigenvalue weighted by Gasteiger charge is 2.31. The number of carboxylic acids is 1. The lowest BCUT2D eigenvalue weighted by atomic mass is 10.2. The Morgan fingerprint density at radius 2 is 2.13 bits per heavy atom. The van der Waals surface area contributed by atoms with Crippen LogP contribution in [0.4, 0.5) is 0 Å². The quantitative estimate of drug-likeness (QED) is 0.643. The van der Waals surface area contributed by atoms with Crippen LogP contribution in [0.1, 0.15) is 17.7 Å². The highest BCUT2D eigenvalue weighted by molar-refractivity contribution is 8.26. The molecule has 0 unspecified atom stereocenters. The fraction of sp³-hybridized carbons (Fsp3) is 0.188. The molecule has 118 valence electrons. The maximum atomic E-state index is 12.4. The molecule has 1 amide bonds. The van der Waals surface area contributed by atoms with Crippen LogP contribution < -0.4 is 0 Å². The zero-order valence-corrected chi connectivity index (χ0v) is 14.5. The van der Waals surface area contributed by atoms with Gasteiger partial charge >= 0.3 is 5.97 Å². The van der Waals surface area contributed by atoms with Crippen LogP contribution in [0.3, 0.4) is 0 Å². The van der Waals surface area contributed by atoms with Crippen LogP contribution in [0, 0.1) is 0 Å². The van der Waals surface area contributed by atoms with Gasteiger partial charge in [0.25, 0.3) is 5.91 Å². The number of nitrogens with zero attached hydrogens (tertiary/aromatic N) is 1. The van der Waals surface area contributed by atoms with Gasteiger partial charge in [0.15, 0.2) is 0 Å². The van der Waals surface area contributed by atoms with Gasteiger partial charge in [0.1, 0.15) is 4.32 Å². The molecule has 0 saturated carbocycles. The van der Waals surface area contributed by atoms with Crippen molar-refractivity contribution in [3.05, 3.63) is 40.1 Å². The summed E-state index contributed by atoms with van der Waals surface area (Å²) in [5.41, 5.74) is 0. The molecule has 3 rings (SSSR count). The smallest absolute Gasteiger partial charge is 0.303 e. The van der Waals surface area contributed by atoms with Crippen molar-refractivity contribution in [2.75, 3.05) is 6.54 Å². The highest BCUT2D eigenvalue weighted by atomic mass is 32.2. The van der Waals surface area contributed by atoms with Crippen molar-refractivity contribution in [2.45, 2.75) is 12.8 Å². The summed E-state index contributed by atoms with van der Waals surface area (Å²) in [4.78, 5) is 26.1. The van der Waals surface area contributed by atoms with E-state index in [4.69, 9.17) is 17.3 Å². The Hall–Kier alpha value is -1.70. The Labute approximate surface area is 146 Å². The van der Waals surface area contributed by atoms with Crippen molar-refractivity contribution >= 4 is 67.7 Å². The zero-order valence-electron chi connectivity index (χ0n) is 12.0. The van der Waals surface area contributed by atoms with Crippen LogP contribution in [0.2, 0.25) is 0 Å². The number of rotatable bonds is 5. The summed E-state index contributed by atoms with van der Waals surface area (Å²) in [5.74, 6) is -1.00. The van der Waals surface area contributed by atoms with Gasteiger partial charge in [0, 0.05) is 22.5 Å². The van der Waals surface area contributed by atoms with Gasteiger partial charge in [-0.3, -0.25) is 14.5 Å². The number of carbonyl (C=O) groups is 2. The number of hydrogen-bond donors (Lipinski definition) is 1. The fourth-order valence-corrected chi connectivity index (χ4v) is 4.67. The lowest BCUT2D eigenvalue weighted by Gasteiger charge is -2.13. The van der Waals surface area contributed by atoms with E-state index < -0.39 is 5.97 Å². The van der Waals surface area contributed by atoms with E-state index in [1.807, 2.05) is 24.3 Å². The lowest BCUT2D eigenvalue weighted by molar-refractivity contribution is -0.137. The first-order chi connectivity index (χ1) is 11.0. The number of benzene rings is 1. The van der Waals surface area contributed by atoms with Gasteiger partial charge in [0.2, 0.25) is 0 Å². The molecule has 0 bridgehead atoms. The summed E-state index contributed by atoms with van der Waals surface area (Å²) in [5, 5.41) is 9.84. The second-order valence-corrected chi connectivity index (χ2v) is 7.81. The summed E-state index contributed by atoms with van der Waals surface area (Å²) >= 11 is 8.14. The van der Waals surface area contributed by atoms with Crippen LogP contribution in [-0.4, -0.2) is 32.7 Å². The number of carbonyl (C=O) groups excluding carboxylic acids is 1. The van der Waals surface area contributed by atoms with E-state index in [1.165, 1.54) is 21.4 Å². The molecule has 0 aliphatic carbocycles. The summed E-state index contributed by atoms with van der Waals surface area (Å²) in [6.07, 6.45) is 2.30. The van der Waals surface area contributed by atoms with E-state index in [2.05, 4.69) is 12.1 Å². The van der Waals surface area contributed by atoms with Crippen molar-refractivity contribution < 1.29 is 14.7 Å². The Balaban J connectivity index is 1.76. The standard InChI is InChI=1S/C16H13NO3S3/c18-14(19)6-3-7-17-15(20)13(23-16(17)21)9-11-8-10-4-1-2-5-12(10)22-11/h1-2,4-5,8-9H,3,6-7H2,(H,18,19). The normalized spacial score (nSPS) is 16.7. The number of thioether (sulfide) groups is 1. The third-order valence-electron chi connectivity index (χ3n) is 3.36. The maximum absolute atomic E-state index is 12.4. The minimum Gasteiger partial charge on any atom is -0.481 e. The topological polar surface area (TPSA) is 57.6 Å². The molecule has 0 spiro atoms. The predicted molar refractivity (Wildman–Crippen MR) is 98.6 cm³/mol. The van der Waals surface area contributed by atoms with Crippen molar-refractivity contribution in [3.8, 4) is 0 Å². The fourth-order valence-electron chi connectivity index (χ4n) is 2.28. The Morgan fingerprint density at radius 3 is 2.87 bits per heavy atom. The number of thiophene rings is 1. The number of thiocarbonyl (C=S) groups is 1. The molecule has 2 heterocycles. The second-order valence-electron chi connectivity index (χ2n) is 5.02. The van der Waals surface area contributed by atoms with E-state index in [0.29, 0.717) is 22.2 Å². The number of carboxylic acid groups (broad SMARTS) is 1. The second kappa shape index (κ2) is 6.82. The van der Waals surface area contributed by atoms with Crippen molar-refractivity contribution in [2.24, 2.45) is 0 Å². The molecule has 1 aromatic heterocycles. The van der Waals surface area contributed by atoms with Crippen LogP contribution in [0.15, 0.2) is 35.2 Å². The number of hydrogen-bond acceptors (Lipinski definition) is 5. The Bertz CT molecular complexity index is 792. The Morgan fingerprint density at radius 1 is 1.35 bits per heavy atom. The molecule has 1 aliphatic heterocycles. The van der Waals surface area contributed by atoms with Gasteiger partial charge in [-0.1, -0.05) is 42.2 Å². The molecule has 4 nitrogen and oxygen atoms in total. The van der Waals surface area contributed by atoms with Crippen LogP contribution in [0.5, 0.6) is 0 Å². The van der Waals surface area contributed by atoms with Crippen molar-refractivity contribution in [3.63, 3.8) is 0 Å². The third kappa shape index (κ3) is 3.63. The average molecular weight is 363 g/mol. The minimum absolute atomic E-state index is 0.0341. The molecule has 0 atom stereocenters. The van der Waals surface area contributed by atoms with Crippen molar-refractivity contribution in [1.29, 1.82) is 0 Å². The summed E-state index contributed by atoms with van der Waals surface area (Å²) in [6, 6.07) is 10.1. The molecule has 2 aromatic rings. The molecule has 1 saturated heterocycles. The van der Waals surface area contributed by atoms with Gasteiger partial charge in [-0.15, -0.1) is 11.3 Å². The van der Waals surface area contributed by atoms with E-state index in [1.54, 1.807) is 11.3 Å². The summed E-state index contributed by atoms with van der Waals surface area (Å²) in [7, 11) is 0. The number of amides is 1. The van der Waals surface area contributed by atoms with Crippen LogP contribution in [0.25, 0.3) is 16.2 Å². The van der Waals surface area contributed by atoms with Gasteiger partial charge in [0.05, 0.1) is 4.91 Å². The minimum atomic E-state index is -0.865. The molecule has 1 fully saturated rings. The lowest BCUT2D eigenvalue weighted by Crippen LogP contribution is -2.29. The SMILES string of the molecule is O=C(O)CCCN1C(=O)C(=Cc2cc3ccccc3s2)SC1=S. The average Bonchev–Trinajstić information content (AvgIpc) is 3.02. The summed E-state index contributed by atoms with van der Waals surface area (Å²) in [6.45, 7) is 0.348.